The molecule has 1 aromatic heterocycles. The second kappa shape index (κ2) is 10.7. The van der Waals surface area contributed by atoms with Gasteiger partial charge in [0.25, 0.3) is 18.3 Å². The molecule has 0 unspecified atom stereocenters. The van der Waals surface area contributed by atoms with Crippen molar-refractivity contribution in [3.8, 4) is 0 Å². The minimum Gasteiger partial charge on any atom is -0.483 e. The molecule has 4 aliphatic heterocycles. The summed E-state index contributed by atoms with van der Waals surface area (Å²) in [6.07, 6.45) is 6.37. The van der Waals surface area contributed by atoms with Gasteiger partial charge in [0.05, 0.1) is 16.5 Å². The number of halogens is 1. The van der Waals surface area contributed by atoms with Gasteiger partial charge in [0.15, 0.2) is 0 Å². The average molecular weight is 540 g/mol. The molecular weight excluding hydrogens is 510 g/mol. The predicted molar refractivity (Wildman–Crippen MR) is 140 cm³/mol. The number of nitrogens with one attached hydrogen (secondary N) is 1. The average Bonchev–Trinajstić information content (AvgIpc) is 3.57. The quantitative estimate of drug-likeness (QED) is 0.532. The van der Waals surface area contributed by atoms with Gasteiger partial charge in [-0.05, 0) is 44.4 Å². The zero-order chi connectivity index (χ0) is 26.9. The van der Waals surface area contributed by atoms with Crippen molar-refractivity contribution in [2.24, 2.45) is 5.92 Å². The number of para-hydroxylation sites is 1. The van der Waals surface area contributed by atoms with E-state index in [0.29, 0.717) is 49.6 Å². The zero-order valence-electron chi connectivity index (χ0n) is 20.9. The maximum absolute atomic E-state index is 14.3. The fourth-order valence-electron chi connectivity index (χ4n) is 6.64. The van der Waals surface area contributed by atoms with Gasteiger partial charge in [0.2, 0.25) is 5.91 Å². The molecule has 0 radical (unpaired) electrons. The highest BCUT2D eigenvalue weighted by Crippen LogP contribution is 2.57. The number of amides is 3. The highest BCUT2D eigenvalue weighted by Gasteiger charge is 2.67. The van der Waals surface area contributed by atoms with Gasteiger partial charge in [0.1, 0.15) is 5.54 Å². The van der Waals surface area contributed by atoms with Crippen LogP contribution in [0.4, 0.5) is 5.69 Å². The van der Waals surface area contributed by atoms with Gasteiger partial charge in [-0.15, -0.1) is 0 Å². The fraction of sp³-hybridized carbons (Fsp3) is 0.444. The normalized spacial score (nSPS) is 26.7. The smallest absolute Gasteiger partial charge is 0.290 e. The molecule has 2 aromatic rings. The maximum Gasteiger partial charge on any atom is 0.290 e. The Labute approximate surface area is 225 Å². The molecule has 3 atom stereocenters. The first-order valence-electron chi connectivity index (χ1n) is 12.9. The van der Waals surface area contributed by atoms with Crippen molar-refractivity contribution < 1.29 is 24.3 Å². The maximum atomic E-state index is 14.3. The molecule has 0 saturated carbocycles. The van der Waals surface area contributed by atoms with E-state index in [-0.39, 0.29) is 30.2 Å². The Morgan fingerprint density at radius 1 is 1.13 bits per heavy atom. The molecule has 1 spiro atoms. The number of rotatable bonds is 1. The number of anilines is 1. The molecular formula is C27H30ClN5O5. The highest BCUT2D eigenvalue weighted by atomic mass is 35.5. The third-order valence-electron chi connectivity index (χ3n) is 8.12. The summed E-state index contributed by atoms with van der Waals surface area (Å²) < 4.78 is 0. The number of pyridine rings is 1. The van der Waals surface area contributed by atoms with Crippen molar-refractivity contribution in [2.45, 2.75) is 37.3 Å². The Morgan fingerprint density at radius 3 is 2.71 bits per heavy atom. The number of carbonyl (C=O) groups excluding carboxylic acids is 3. The van der Waals surface area contributed by atoms with Crippen LogP contribution in [-0.2, 0) is 19.9 Å². The van der Waals surface area contributed by atoms with Crippen LogP contribution in [0.1, 0.15) is 41.6 Å². The van der Waals surface area contributed by atoms with Gasteiger partial charge in [-0.2, -0.15) is 0 Å². The largest absolute Gasteiger partial charge is 0.483 e. The number of fused-ring (bicyclic) bond motifs is 4. The number of benzene rings is 1. The van der Waals surface area contributed by atoms with E-state index >= 15 is 0 Å². The van der Waals surface area contributed by atoms with Crippen LogP contribution in [0.2, 0.25) is 5.02 Å². The lowest BCUT2D eigenvalue weighted by atomic mass is 9.78. The van der Waals surface area contributed by atoms with Gasteiger partial charge in [-0.25, -0.2) is 0 Å². The first-order chi connectivity index (χ1) is 18.4. The Bertz CT molecular complexity index is 1260. The molecule has 2 bridgehead atoms. The molecule has 0 aliphatic carbocycles. The number of carboxylic acid groups (broad SMARTS) is 1. The molecule has 200 valence electrons. The summed E-state index contributed by atoms with van der Waals surface area (Å²) in [6.45, 7) is 2.19. The summed E-state index contributed by atoms with van der Waals surface area (Å²) in [5.41, 5.74) is 1.18. The summed E-state index contributed by atoms with van der Waals surface area (Å²) in [7, 11) is 0. The lowest BCUT2D eigenvalue weighted by molar-refractivity contribution is -0.139. The summed E-state index contributed by atoms with van der Waals surface area (Å²) >= 11 is 6.26. The highest BCUT2D eigenvalue weighted by molar-refractivity contribution is 6.33. The Hall–Kier alpha value is -3.50. The summed E-state index contributed by atoms with van der Waals surface area (Å²) in [5, 5.41) is 10.3. The fourth-order valence-corrected chi connectivity index (χ4v) is 6.84. The summed E-state index contributed by atoms with van der Waals surface area (Å²) in [4.78, 5) is 59.4. The van der Waals surface area contributed by atoms with E-state index in [0.717, 1.165) is 30.6 Å². The van der Waals surface area contributed by atoms with Crippen LogP contribution in [0.3, 0.4) is 0 Å². The van der Waals surface area contributed by atoms with E-state index in [9.17, 15) is 14.4 Å². The second-order valence-corrected chi connectivity index (χ2v) is 10.3. The van der Waals surface area contributed by atoms with Crippen LogP contribution >= 0.6 is 11.6 Å². The van der Waals surface area contributed by atoms with E-state index in [1.165, 1.54) is 6.20 Å². The minimum atomic E-state index is -0.968. The third kappa shape index (κ3) is 4.12. The summed E-state index contributed by atoms with van der Waals surface area (Å²) in [6, 6.07) is 9.71. The van der Waals surface area contributed by atoms with Crippen LogP contribution in [0.25, 0.3) is 0 Å². The molecule has 38 heavy (non-hydrogen) atoms. The SMILES string of the molecule is O=C1NCCCN(C(=O)c2ccncc2Cl)CCN2C(=O)[C@@]3(c4ccccc42)[C@H]1C[C@@H]1CCCN13.O=CO. The van der Waals surface area contributed by atoms with E-state index in [2.05, 4.69) is 15.2 Å². The van der Waals surface area contributed by atoms with E-state index in [4.69, 9.17) is 21.5 Å². The Morgan fingerprint density at radius 2 is 1.92 bits per heavy atom. The Balaban J connectivity index is 0.000000937. The molecule has 6 rings (SSSR count). The molecule has 3 saturated heterocycles. The molecule has 5 heterocycles. The van der Waals surface area contributed by atoms with Crippen LogP contribution in [0.15, 0.2) is 42.7 Å². The van der Waals surface area contributed by atoms with Crippen molar-refractivity contribution in [1.82, 2.24) is 20.1 Å². The van der Waals surface area contributed by atoms with Crippen LogP contribution < -0.4 is 10.2 Å². The second-order valence-electron chi connectivity index (χ2n) is 9.92. The van der Waals surface area contributed by atoms with Crippen molar-refractivity contribution in [3.63, 3.8) is 0 Å². The lowest BCUT2D eigenvalue weighted by Gasteiger charge is -2.38. The van der Waals surface area contributed by atoms with E-state index in [1.54, 1.807) is 22.1 Å². The Kier molecular flexibility index (Phi) is 7.36. The number of hydrogen-bond acceptors (Lipinski definition) is 6. The van der Waals surface area contributed by atoms with E-state index < -0.39 is 11.5 Å². The first kappa shape index (κ1) is 26.1. The van der Waals surface area contributed by atoms with Crippen molar-refractivity contribution in [2.75, 3.05) is 37.6 Å². The monoisotopic (exact) mass is 539 g/mol. The molecule has 10 nitrogen and oxygen atoms in total. The lowest BCUT2D eigenvalue weighted by Crippen LogP contribution is -2.57. The third-order valence-corrected chi connectivity index (χ3v) is 8.42. The van der Waals surface area contributed by atoms with Gasteiger partial charge in [-0.3, -0.25) is 29.1 Å². The first-order valence-corrected chi connectivity index (χ1v) is 13.3. The predicted octanol–water partition coefficient (Wildman–Crippen LogP) is 2.12. The molecule has 11 heteroatoms. The van der Waals surface area contributed by atoms with Gasteiger partial charge >= 0.3 is 0 Å². The van der Waals surface area contributed by atoms with Crippen LogP contribution in [0.5, 0.6) is 0 Å². The van der Waals surface area contributed by atoms with E-state index in [1.807, 2.05) is 24.3 Å². The molecule has 3 amide bonds. The van der Waals surface area contributed by atoms with Crippen LogP contribution in [0, 0.1) is 5.92 Å². The standard InChI is InChI=1S/C26H28ClN5O3.CH2O2/c27-21-16-28-10-8-18(21)24(34)30-11-4-9-29-23(33)20-15-17-5-3-12-32(17)26(20)19-6-1-2-7-22(19)31(14-13-30)25(26)35;2-1-3/h1-2,6-8,10,16-17,20H,3-5,9,11-15H2,(H,29,33);1H,(H,2,3)/t17-,20-,26+;/m0./s1. The van der Waals surface area contributed by atoms with Crippen molar-refractivity contribution in [1.29, 1.82) is 0 Å². The van der Waals surface area contributed by atoms with Crippen molar-refractivity contribution in [3.05, 3.63) is 58.9 Å². The van der Waals surface area contributed by atoms with Crippen LogP contribution in [-0.4, -0.2) is 82.8 Å². The number of carbonyl (C=O) groups is 4. The molecule has 3 fully saturated rings. The number of hydrogen-bond donors (Lipinski definition) is 2. The molecule has 1 aromatic carbocycles. The van der Waals surface area contributed by atoms with Crippen molar-refractivity contribution >= 4 is 41.5 Å². The molecule has 4 aliphatic rings. The van der Waals surface area contributed by atoms with Gasteiger partial charge in [-0.1, -0.05) is 29.8 Å². The topological polar surface area (TPSA) is 123 Å². The number of nitrogens with zero attached hydrogens (tertiary/aromatic N) is 4. The minimum absolute atomic E-state index is 0.0434. The van der Waals surface area contributed by atoms with Gasteiger partial charge in [0, 0.05) is 55.9 Å². The summed E-state index contributed by atoms with van der Waals surface area (Å²) in [5.74, 6) is -0.730. The zero-order valence-corrected chi connectivity index (χ0v) is 21.6. The van der Waals surface area contributed by atoms with Gasteiger partial charge < -0.3 is 20.2 Å². The molecule has 2 N–H and O–H groups in total. The number of aromatic nitrogens is 1.